The molecule has 0 radical (unpaired) electrons. The molecule has 0 bridgehead atoms. The lowest BCUT2D eigenvalue weighted by Gasteiger charge is -2.43. The fourth-order valence-electron chi connectivity index (χ4n) is 2.60. The lowest BCUT2D eigenvalue weighted by atomic mass is 9.69. The van der Waals surface area contributed by atoms with Gasteiger partial charge in [0.2, 0.25) is 0 Å². The lowest BCUT2D eigenvalue weighted by molar-refractivity contribution is 0.118. The normalized spacial score (nSPS) is 21.6. The topological polar surface area (TPSA) is 32.3 Å². The molecule has 1 aliphatic carbocycles. The number of hydrogen-bond donors (Lipinski definition) is 2. The molecule has 0 unspecified atom stereocenters. The van der Waals surface area contributed by atoms with Gasteiger partial charge in [0.05, 0.1) is 12.1 Å². The molecule has 0 spiro atoms. The third kappa shape index (κ3) is 3.18. The van der Waals surface area contributed by atoms with E-state index in [1.807, 2.05) is 24.3 Å². The van der Waals surface area contributed by atoms with Crippen LogP contribution in [-0.2, 0) is 0 Å². The summed E-state index contributed by atoms with van der Waals surface area (Å²) in [4.78, 5) is 0. The summed E-state index contributed by atoms with van der Waals surface area (Å²) in [6, 6.07) is 7.71. The van der Waals surface area contributed by atoms with Gasteiger partial charge in [0.15, 0.2) is 0 Å². The van der Waals surface area contributed by atoms with E-state index in [4.69, 9.17) is 11.6 Å². The summed E-state index contributed by atoms with van der Waals surface area (Å²) in [5.74, 6) is 0. The van der Waals surface area contributed by atoms with Crippen LogP contribution in [0, 0.1) is 5.41 Å². The van der Waals surface area contributed by atoms with E-state index in [0.29, 0.717) is 5.41 Å². The Labute approximate surface area is 114 Å². The molecular weight excluding hydrogens is 246 g/mol. The van der Waals surface area contributed by atoms with Crippen molar-refractivity contribution >= 4 is 17.3 Å². The van der Waals surface area contributed by atoms with Crippen LogP contribution in [-0.4, -0.2) is 17.3 Å². The molecule has 0 atom stereocenters. The van der Waals surface area contributed by atoms with Gasteiger partial charge in [0.25, 0.3) is 0 Å². The molecule has 1 aromatic rings. The maximum atomic E-state index is 9.75. The minimum atomic E-state index is -0.180. The summed E-state index contributed by atoms with van der Waals surface area (Å²) in [5.41, 5.74) is 1.21. The monoisotopic (exact) mass is 267 g/mol. The van der Waals surface area contributed by atoms with Gasteiger partial charge in [-0.15, -0.1) is 0 Å². The van der Waals surface area contributed by atoms with E-state index in [1.54, 1.807) is 0 Å². The maximum absolute atomic E-state index is 9.75. The van der Waals surface area contributed by atoms with Gasteiger partial charge in [-0.05, 0) is 49.3 Å². The summed E-state index contributed by atoms with van der Waals surface area (Å²) in [6.45, 7) is 4.77. The summed E-state index contributed by atoms with van der Waals surface area (Å²) in [6.07, 6.45) is 4.29. The van der Waals surface area contributed by atoms with Crippen LogP contribution in [0.1, 0.15) is 39.5 Å². The van der Waals surface area contributed by atoms with Gasteiger partial charge in [-0.2, -0.15) is 0 Å². The second-order valence-electron chi connectivity index (χ2n) is 6.24. The van der Waals surface area contributed by atoms with Crippen LogP contribution in [0.4, 0.5) is 5.69 Å². The average Bonchev–Trinajstić information content (AvgIpc) is 2.33. The highest BCUT2D eigenvalue weighted by Gasteiger charge is 2.37. The molecule has 1 aromatic carbocycles. The van der Waals surface area contributed by atoms with Crippen molar-refractivity contribution in [1.82, 2.24) is 0 Å². The smallest absolute Gasteiger partial charge is 0.0661 e. The Morgan fingerprint density at radius 2 is 1.89 bits per heavy atom. The largest absolute Gasteiger partial charge is 0.394 e. The van der Waals surface area contributed by atoms with Crippen molar-refractivity contribution < 1.29 is 5.11 Å². The Balaban J connectivity index is 2.10. The number of aliphatic hydroxyl groups is 1. The maximum Gasteiger partial charge on any atom is 0.0661 e. The van der Waals surface area contributed by atoms with Crippen LogP contribution in [0.5, 0.6) is 0 Å². The molecule has 2 rings (SSSR count). The first-order valence-electron chi connectivity index (χ1n) is 6.59. The second-order valence-corrected chi connectivity index (χ2v) is 6.67. The quantitative estimate of drug-likeness (QED) is 0.865. The van der Waals surface area contributed by atoms with Crippen molar-refractivity contribution in [1.29, 1.82) is 0 Å². The van der Waals surface area contributed by atoms with Crippen molar-refractivity contribution in [2.75, 3.05) is 11.9 Å². The van der Waals surface area contributed by atoms with Crippen LogP contribution < -0.4 is 5.32 Å². The van der Waals surface area contributed by atoms with Crippen molar-refractivity contribution in [3.63, 3.8) is 0 Å². The van der Waals surface area contributed by atoms with Gasteiger partial charge in [-0.1, -0.05) is 31.5 Å². The summed E-state index contributed by atoms with van der Waals surface area (Å²) in [7, 11) is 0. The summed E-state index contributed by atoms with van der Waals surface area (Å²) in [5, 5.41) is 14.0. The third-order valence-corrected chi connectivity index (χ3v) is 4.33. The SMILES string of the molecule is CC1(C)CCC(CO)(Nc2cccc(Cl)c2)CC1. The fourth-order valence-corrected chi connectivity index (χ4v) is 2.79. The predicted molar refractivity (Wildman–Crippen MR) is 77.1 cm³/mol. The van der Waals surface area contributed by atoms with Gasteiger partial charge in [-0.25, -0.2) is 0 Å². The molecule has 2 N–H and O–H groups in total. The van der Waals surface area contributed by atoms with Crippen LogP contribution in [0.3, 0.4) is 0 Å². The zero-order valence-electron chi connectivity index (χ0n) is 11.2. The van der Waals surface area contributed by atoms with Crippen molar-refractivity contribution in [2.45, 2.75) is 45.1 Å². The fraction of sp³-hybridized carbons (Fsp3) is 0.600. The number of halogens is 1. The van der Waals surface area contributed by atoms with E-state index in [2.05, 4.69) is 19.2 Å². The van der Waals surface area contributed by atoms with Crippen LogP contribution in [0.2, 0.25) is 5.02 Å². The van der Waals surface area contributed by atoms with E-state index in [0.717, 1.165) is 36.4 Å². The number of hydrogen-bond acceptors (Lipinski definition) is 2. The zero-order valence-corrected chi connectivity index (χ0v) is 11.9. The van der Waals surface area contributed by atoms with Crippen molar-refractivity contribution in [2.24, 2.45) is 5.41 Å². The highest BCUT2D eigenvalue weighted by molar-refractivity contribution is 6.30. The molecule has 0 aromatic heterocycles. The number of aliphatic hydroxyl groups excluding tert-OH is 1. The molecular formula is C15H22ClNO. The molecule has 3 heteroatoms. The molecule has 0 aliphatic heterocycles. The number of nitrogens with one attached hydrogen (secondary N) is 1. The Morgan fingerprint density at radius 3 is 2.44 bits per heavy atom. The van der Waals surface area contributed by atoms with Gasteiger partial charge in [0, 0.05) is 10.7 Å². The Bertz CT molecular complexity index is 407. The van der Waals surface area contributed by atoms with Crippen LogP contribution in [0.25, 0.3) is 0 Å². The summed E-state index contributed by atoms with van der Waals surface area (Å²) >= 11 is 5.99. The minimum absolute atomic E-state index is 0.176. The lowest BCUT2D eigenvalue weighted by Crippen LogP contribution is -2.46. The first kappa shape index (κ1) is 13.7. The predicted octanol–water partition coefficient (Wildman–Crippen LogP) is 4.08. The second kappa shape index (κ2) is 5.10. The van der Waals surface area contributed by atoms with Gasteiger partial charge in [-0.3, -0.25) is 0 Å². The number of anilines is 1. The molecule has 1 fully saturated rings. The first-order chi connectivity index (χ1) is 8.45. The van der Waals surface area contributed by atoms with Crippen molar-refractivity contribution in [3.8, 4) is 0 Å². The molecule has 1 saturated carbocycles. The van der Waals surface area contributed by atoms with Crippen LogP contribution >= 0.6 is 11.6 Å². The summed E-state index contributed by atoms with van der Waals surface area (Å²) < 4.78 is 0. The molecule has 18 heavy (non-hydrogen) atoms. The molecule has 100 valence electrons. The number of rotatable bonds is 3. The average molecular weight is 268 g/mol. The minimum Gasteiger partial charge on any atom is -0.394 e. The third-order valence-electron chi connectivity index (χ3n) is 4.10. The molecule has 0 heterocycles. The van der Waals surface area contributed by atoms with Gasteiger partial charge >= 0.3 is 0 Å². The van der Waals surface area contributed by atoms with E-state index < -0.39 is 0 Å². The number of benzene rings is 1. The highest BCUT2D eigenvalue weighted by atomic mass is 35.5. The van der Waals surface area contributed by atoms with E-state index in [-0.39, 0.29) is 12.1 Å². The van der Waals surface area contributed by atoms with Gasteiger partial charge in [0.1, 0.15) is 0 Å². The van der Waals surface area contributed by atoms with E-state index in [9.17, 15) is 5.11 Å². The van der Waals surface area contributed by atoms with Crippen LogP contribution in [0.15, 0.2) is 24.3 Å². The van der Waals surface area contributed by atoms with Crippen molar-refractivity contribution in [3.05, 3.63) is 29.3 Å². The van der Waals surface area contributed by atoms with Gasteiger partial charge < -0.3 is 10.4 Å². The zero-order chi connectivity index (χ0) is 13.2. The Kier molecular flexibility index (Phi) is 3.88. The molecule has 1 aliphatic rings. The van der Waals surface area contributed by atoms with E-state index >= 15 is 0 Å². The first-order valence-corrected chi connectivity index (χ1v) is 6.97. The Morgan fingerprint density at radius 1 is 1.22 bits per heavy atom. The molecule has 0 saturated heterocycles. The highest BCUT2D eigenvalue weighted by Crippen LogP contribution is 2.41. The van der Waals surface area contributed by atoms with E-state index in [1.165, 1.54) is 0 Å². The molecule has 2 nitrogen and oxygen atoms in total. The molecule has 0 amide bonds. The Hall–Kier alpha value is -0.730. The standard InChI is InChI=1S/C15H22ClNO/c1-14(2)6-8-15(11-18,9-7-14)17-13-5-3-4-12(16)10-13/h3-5,10,17-18H,6-9,11H2,1-2H3.